The molecule has 0 aliphatic rings. The van der Waals surface area contributed by atoms with Crippen LogP contribution in [0.5, 0.6) is 0 Å². The molecule has 43 heavy (non-hydrogen) atoms. The van der Waals surface area contributed by atoms with E-state index in [2.05, 4.69) is 29.1 Å². The summed E-state index contributed by atoms with van der Waals surface area (Å²) in [4.78, 5) is 51.0. The van der Waals surface area contributed by atoms with Crippen LogP contribution >= 0.6 is 0 Å². The van der Waals surface area contributed by atoms with Crippen molar-refractivity contribution in [1.29, 1.82) is 0 Å². The number of esters is 1. The summed E-state index contributed by atoms with van der Waals surface area (Å²) >= 11 is 0. The Balaban J connectivity index is 2.01. The highest BCUT2D eigenvalue weighted by atomic mass is 16.6. The number of nitrogens with one attached hydrogen (secondary N) is 3. The molecule has 0 aliphatic heterocycles. The molecular formula is C32H41N3O8. The number of allylic oxidation sites excluding steroid dienone is 1. The van der Waals surface area contributed by atoms with Crippen molar-refractivity contribution in [3.05, 3.63) is 97.1 Å². The molecule has 0 aromatic heterocycles. The molecular weight excluding hydrogens is 554 g/mol. The summed E-state index contributed by atoms with van der Waals surface area (Å²) in [6, 6.07) is 16.9. The van der Waals surface area contributed by atoms with Crippen LogP contribution in [-0.4, -0.2) is 67.9 Å². The van der Waals surface area contributed by atoms with Crippen LogP contribution < -0.4 is 16.0 Å². The van der Waals surface area contributed by atoms with Gasteiger partial charge in [-0.1, -0.05) is 72.8 Å². The summed E-state index contributed by atoms with van der Waals surface area (Å²) in [5.74, 6) is -2.17. The third-order valence-electron chi connectivity index (χ3n) is 6.14. The molecule has 0 heterocycles. The molecule has 2 rings (SSSR count). The van der Waals surface area contributed by atoms with Crippen molar-refractivity contribution in [2.24, 2.45) is 5.92 Å². The zero-order valence-electron chi connectivity index (χ0n) is 24.2. The molecule has 0 spiro atoms. The van der Waals surface area contributed by atoms with Crippen LogP contribution in [0.1, 0.15) is 36.5 Å². The minimum atomic E-state index is -1.07. The largest absolute Gasteiger partial charge is 0.454 e. The molecule has 0 bridgehead atoms. The Labute approximate surface area is 252 Å². The van der Waals surface area contributed by atoms with Gasteiger partial charge < -0.3 is 35.3 Å². The van der Waals surface area contributed by atoms with Crippen molar-refractivity contribution in [1.82, 2.24) is 16.0 Å². The first kappa shape index (κ1) is 34.7. The maximum Gasteiger partial charge on any atom is 0.408 e. The molecule has 232 valence electrons. The van der Waals surface area contributed by atoms with Crippen LogP contribution in [0.2, 0.25) is 0 Å². The van der Waals surface area contributed by atoms with Gasteiger partial charge in [0.15, 0.2) is 0 Å². The van der Waals surface area contributed by atoms with Crippen molar-refractivity contribution in [3.63, 3.8) is 0 Å². The smallest absolute Gasteiger partial charge is 0.408 e. The topological polar surface area (TPSA) is 152 Å². The third-order valence-corrected chi connectivity index (χ3v) is 6.14. The second-order valence-electron chi connectivity index (χ2n) is 9.48. The third kappa shape index (κ3) is 13.8. The molecule has 4 N–H and O–H groups in total. The Hall–Kier alpha value is -4.48. The van der Waals surface area contributed by atoms with Crippen LogP contribution in [0.25, 0.3) is 0 Å². The van der Waals surface area contributed by atoms with E-state index in [1.807, 2.05) is 30.3 Å². The normalized spacial score (nSPS) is 12.6. The van der Waals surface area contributed by atoms with E-state index in [0.717, 1.165) is 5.56 Å². The molecule has 3 amide bonds. The monoisotopic (exact) mass is 595 g/mol. The van der Waals surface area contributed by atoms with Crippen molar-refractivity contribution >= 4 is 23.9 Å². The molecule has 0 fully saturated rings. The quantitative estimate of drug-likeness (QED) is 0.104. The van der Waals surface area contributed by atoms with Crippen LogP contribution in [0.4, 0.5) is 4.79 Å². The molecule has 11 nitrogen and oxygen atoms in total. The Kier molecular flexibility index (Phi) is 16.5. The van der Waals surface area contributed by atoms with Crippen LogP contribution in [0.3, 0.4) is 0 Å². The number of hydrogen-bond donors (Lipinski definition) is 4. The lowest BCUT2D eigenvalue weighted by Gasteiger charge is -2.24. The number of amides is 3. The van der Waals surface area contributed by atoms with Gasteiger partial charge in [-0.05, 0) is 24.0 Å². The number of benzene rings is 2. The minimum Gasteiger partial charge on any atom is -0.454 e. The van der Waals surface area contributed by atoms with Gasteiger partial charge in [-0.25, -0.2) is 9.59 Å². The van der Waals surface area contributed by atoms with Gasteiger partial charge in [0.05, 0.1) is 32.3 Å². The minimum absolute atomic E-state index is 0.0303. The lowest BCUT2D eigenvalue weighted by molar-refractivity contribution is -0.152. The highest BCUT2D eigenvalue weighted by Gasteiger charge is 2.27. The molecule has 0 saturated carbocycles. The molecule has 2 aromatic carbocycles. The SMILES string of the molecule is C=CC[C@H](CC(=O)NCCOCCO)C(=O)NC[C@H](OC(=O)[C@@H](CC=C)NC(=O)OCc1ccccc1)c1ccccc1. The molecule has 0 unspecified atom stereocenters. The maximum atomic E-state index is 13.2. The van der Waals surface area contributed by atoms with Crippen molar-refractivity contribution in [2.45, 2.75) is 38.0 Å². The summed E-state index contributed by atoms with van der Waals surface area (Å²) in [7, 11) is 0. The summed E-state index contributed by atoms with van der Waals surface area (Å²) in [6.45, 7) is 7.84. The van der Waals surface area contributed by atoms with E-state index in [4.69, 9.17) is 19.3 Å². The van der Waals surface area contributed by atoms with Crippen LogP contribution in [-0.2, 0) is 35.2 Å². The Morgan fingerprint density at radius 1 is 0.884 bits per heavy atom. The van der Waals surface area contributed by atoms with Gasteiger partial charge >= 0.3 is 12.1 Å². The average molecular weight is 596 g/mol. The Bertz CT molecular complexity index is 1160. The zero-order valence-corrected chi connectivity index (χ0v) is 24.2. The van der Waals surface area contributed by atoms with Crippen molar-refractivity contribution in [3.8, 4) is 0 Å². The summed E-state index contributed by atoms with van der Waals surface area (Å²) in [6.07, 6.45) is 1.63. The van der Waals surface area contributed by atoms with Gasteiger partial charge in [0.25, 0.3) is 0 Å². The fourth-order valence-electron chi connectivity index (χ4n) is 3.95. The van der Waals surface area contributed by atoms with E-state index in [1.165, 1.54) is 6.08 Å². The molecule has 2 aromatic rings. The summed E-state index contributed by atoms with van der Waals surface area (Å²) < 4.78 is 16.1. The maximum absolute atomic E-state index is 13.2. The van der Waals surface area contributed by atoms with Gasteiger partial charge in [-0.15, -0.1) is 13.2 Å². The van der Waals surface area contributed by atoms with Crippen molar-refractivity contribution < 1.29 is 38.5 Å². The number of carbonyl (C=O) groups excluding carboxylic acids is 4. The standard InChI is InChI=1S/C32H41N3O8/c1-3-11-26(21-29(37)33-17-19-41-20-18-36)30(38)34-22-28(25-15-9-6-10-16-25)43-31(39)27(12-4-2)35-32(40)42-23-24-13-7-5-8-14-24/h3-10,13-16,26-28,36H,1-2,11-12,17-23H2,(H,33,37)(H,34,38)(H,35,40)/t26-,27-,28+/m1/s1. The van der Waals surface area contributed by atoms with Gasteiger partial charge in [0.2, 0.25) is 11.8 Å². The number of carbonyl (C=O) groups is 4. The van der Waals surface area contributed by atoms with Gasteiger partial charge in [-0.3, -0.25) is 9.59 Å². The first-order valence-corrected chi connectivity index (χ1v) is 14.0. The first-order chi connectivity index (χ1) is 20.9. The number of rotatable bonds is 20. The van der Waals surface area contributed by atoms with E-state index >= 15 is 0 Å². The average Bonchev–Trinajstić information content (AvgIpc) is 3.02. The lowest BCUT2D eigenvalue weighted by Crippen LogP contribution is -2.43. The van der Waals surface area contributed by atoms with Gasteiger partial charge in [0.1, 0.15) is 18.8 Å². The van der Waals surface area contributed by atoms with E-state index < -0.39 is 36.0 Å². The van der Waals surface area contributed by atoms with E-state index in [1.54, 1.807) is 36.4 Å². The number of alkyl carbamates (subject to hydrolysis) is 1. The van der Waals surface area contributed by atoms with E-state index in [9.17, 15) is 19.2 Å². The lowest BCUT2D eigenvalue weighted by atomic mass is 9.99. The fourth-order valence-corrected chi connectivity index (χ4v) is 3.95. The van der Waals surface area contributed by atoms with E-state index in [-0.39, 0.29) is 64.7 Å². The summed E-state index contributed by atoms with van der Waals surface area (Å²) in [5.41, 5.74) is 1.42. The number of ether oxygens (including phenoxy) is 3. The Morgan fingerprint density at radius 2 is 1.56 bits per heavy atom. The number of aliphatic hydroxyl groups excluding tert-OH is 1. The number of aliphatic hydroxyl groups is 1. The predicted octanol–water partition coefficient (Wildman–Crippen LogP) is 2.97. The fraction of sp³-hybridized carbons (Fsp3) is 0.375. The second-order valence-corrected chi connectivity index (χ2v) is 9.48. The molecule has 11 heteroatoms. The van der Waals surface area contributed by atoms with Crippen LogP contribution in [0.15, 0.2) is 86.0 Å². The van der Waals surface area contributed by atoms with Gasteiger partial charge in [0, 0.05) is 13.0 Å². The molecule has 0 radical (unpaired) electrons. The van der Waals surface area contributed by atoms with Crippen molar-refractivity contribution in [2.75, 3.05) is 32.9 Å². The predicted molar refractivity (Wildman–Crippen MR) is 160 cm³/mol. The molecule has 3 atom stereocenters. The summed E-state index contributed by atoms with van der Waals surface area (Å²) in [5, 5.41) is 16.7. The van der Waals surface area contributed by atoms with Gasteiger partial charge in [-0.2, -0.15) is 0 Å². The Morgan fingerprint density at radius 3 is 2.21 bits per heavy atom. The highest BCUT2D eigenvalue weighted by Crippen LogP contribution is 2.19. The number of hydrogen-bond acceptors (Lipinski definition) is 8. The molecule has 0 aliphatic carbocycles. The zero-order chi connectivity index (χ0) is 31.3. The second kappa shape index (κ2) is 20.4. The molecule has 0 saturated heterocycles. The first-order valence-electron chi connectivity index (χ1n) is 14.0. The van der Waals surface area contributed by atoms with E-state index in [0.29, 0.717) is 5.56 Å². The highest BCUT2D eigenvalue weighted by molar-refractivity contribution is 5.86. The van der Waals surface area contributed by atoms with Crippen LogP contribution in [0, 0.1) is 5.92 Å².